The number of rotatable bonds is 4. The van der Waals surface area contributed by atoms with Gasteiger partial charge in [0, 0.05) is 29.8 Å². The summed E-state index contributed by atoms with van der Waals surface area (Å²) in [6, 6.07) is 6.24. The Labute approximate surface area is 113 Å². The van der Waals surface area contributed by atoms with E-state index in [1.54, 1.807) is 7.11 Å². The van der Waals surface area contributed by atoms with Crippen molar-refractivity contribution < 1.29 is 9.47 Å². The predicted molar refractivity (Wildman–Crippen MR) is 73.3 cm³/mol. The standard InChI is InChI=1S/C14H20ClNO2/c1-10-8-11(6-7-18-10)16-9-12-13(15)4-3-5-14(12)17-2/h3-5,10-11,16H,6-9H2,1-2H3. The van der Waals surface area contributed by atoms with E-state index < -0.39 is 0 Å². The van der Waals surface area contributed by atoms with Crippen molar-refractivity contribution in [1.29, 1.82) is 0 Å². The lowest BCUT2D eigenvalue weighted by atomic mass is 10.0. The van der Waals surface area contributed by atoms with Crippen molar-refractivity contribution >= 4 is 11.6 Å². The van der Waals surface area contributed by atoms with Gasteiger partial charge in [-0.15, -0.1) is 0 Å². The topological polar surface area (TPSA) is 30.5 Å². The summed E-state index contributed by atoms with van der Waals surface area (Å²) in [6.07, 6.45) is 2.44. The molecule has 1 aromatic rings. The average molecular weight is 270 g/mol. The van der Waals surface area contributed by atoms with E-state index in [-0.39, 0.29) is 0 Å². The molecular weight excluding hydrogens is 250 g/mol. The zero-order chi connectivity index (χ0) is 13.0. The van der Waals surface area contributed by atoms with Crippen LogP contribution in [0.1, 0.15) is 25.3 Å². The molecule has 1 saturated heterocycles. The van der Waals surface area contributed by atoms with Crippen LogP contribution in [0.2, 0.25) is 5.02 Å². The first-order valence-electron chi connectivity index (χ1n) is 6.37. The van der Waals surface area contributed by atoms with Crippen LogP contribution < -0.4 is 10.1 Å². The molecule has 1 aromatic carbocycles. The van der Waals surface area contributed by atoms with Gasteiger partial charge >= 0.3 is 0 Å². The molecule has 2 rings (SSSR count). The molecule has 4 heteroatoms. The Morgan fingerprint density at radius 2 is 2.33 bits per heavy atom. The van der Waals surface area contributed by atoms with Gasteiger partial charge in [0.1, 0.15) is 5.75 Å². The highest BCUT2D eigenvalue weighted by molar-refractivity contribution is 6.31. The van der Waals surface area contributed by atoms with E-state index in [0.717, 1.165) is 42.3 Å². The Balaban J connectivity index is 1.97. The summed E-state index contributed by atoms with van der Waals surface area (Å²) in [5, 5.41) is 4.29. The van der Waals surface area contributed by atoms with Crippen molar-refractivity contribution in [2.24, 2.45) is 0 Å². The third kappa shape index (κ3) is 3.37. The van der Waals surface area contributed by atoms with Crippen molar-refractivity contribution in [3.63, 3.8) is 0 Å². The second-order valence-corrected chi connectivity index (χ2v) is 5.11. The van der Waals surface area contributed by atoms with Gasteiger partial charge in [0.15, 0.2) is 0 Å². The lowest BCUT2D eigenvalue weighted by Gasteiger charge is -2.28. The largest absolute Gasteiger partial charge is 0.496 e. The molecule has 18 heavy (non-hydrogen) atoms. The highest BCUT2D eigenvalue weighted by atomic mass is 35.5. The van der Waals surface area contributed by atoms with Crippen LogP contribution in [0.5, 0.6) is 5.75 Å². The fourth-order valence-corrected chi connectivity index (χ4v) is 2.56. The molecule has 0 aromatic heterocycles. The molecule has 100 valence electrons. The van der Waals surface area contributed by atoms with Crippen molar-refractivity contribution in [3.8, 4) is 5.75 Å². The number of ether oxygens (including phenoxy) is 2. The molecule has 3 nitrogen and oxygen atoms in total. The number of nitrogens with one attached hydrogen (secondary N) is 1. The molecule has 0 bridgehead atoms. The SMILES string of the molecule is COc1cccc(Cl)c1CNC1CCOC(C)C1. The minimum Gasteiger partial charge on any atom is -0.496 e. The third-order valence-corrected chi connectivity index (χ3v) is 3.70. The van der Waals surface area contributed by atoms with E-state index >= 15 is 0 Å². The Morgan fingerprint density at radius 1 is 1.50 bits per heavy atom. The van der Waals surface area contributed by atoms with Crippen LogP contribution >= 0.6 is 11.6 Å². The summed E-state index contributed by atoms with van der Waals surface area (Å²) in [5.74, 6) is 0.843. The van der Waals surface area contributed by atoms with E-state index in [9.17, 15) is 0 Å². The van der Waals surface area contributed by atoms with Gasteiger partial charge in [-0.3, -0.25) is 0 Å². The number of halogens is 1. The summed E-state index contributed by atoms with van der Waals surface area (Å²) < 4.78 is 10.9. The number of hydrogen-bond acceptors (Lipinski definition) is 3. The highest BCUT2D eigenvalue weighted by Gasteiger charge is 2.19. The van der Waals surface area contributed by atoms with Gasteiger partial charge in [0.2, 0.25) is 0 Å². The van der Waals surface area contributed by atoms with Crippen molar-refractivity contribution in [2.75, 3.05) is 13.7 Å². The number of benzene rings is 1. The van der Waals surface area contributed by atoms with Gasteiger partial charge in [-0.05, 0) is 31.9 Å². The quantitative estimate of drug-likeness (QED) is 0.912. The van der Waals surface area contributed by atoms with Crippen LogP contribution in [0.3, 0.4) is 0 Å². The molecule has 0 saturated carbocycles. The first-order chi connectivity index (χ1) is 8.70. The van der Waals surface area contributed by atoms with E-state index in [0.29, 0.717) is 12.1 Å². The second kappa shape index (κ2) is 6.41. The van der Waals surface area contributed by atoms with Gasteiger partial charge in [0.25, 0.3) is 0 Å². The highest BCUT2D eigenvalue weighted by Crippen LogP contribution is 2.26. The van der Waals surface area contributed by atoms with Gasteiger partial charge in [0.05, 0.1) is 13.2 Å². The normalized spacial score (nSPS) is 23.9. The number of hydrogen-bond donors (Lipinski definition) is 1. The van der Waals surface area contributed by atoms with Crippen LogP contribution in [0, 0.1) is 0 Å². The zero-order valence-corrected chi connectivity index (χ0v) is 11.7. The molecule has 1 N–H and O–H groups in total. The van der Waals surface area contributed by atoms with Crippen LogP contribution in [-0.2, 0) is 11.3 Å². The summed E-state index contributed by atoms with van der Waals surface area (Å²) >= 11 is 6.21. The molecule has 1 aliphatic heterocycles. The van der Waals surface area contributed by atoms with E-state index in [1.807, 2.05) is 18.2 Å². The van der Waals surface area contributed by atoms with Gasteiger partial charge in [-0.25, -0.2) is 0 Å². The van der Waals surface area contributed by atoms with Crippen LogP contribution in [0.25, 0.3) is 0 Å². The van der Waals surface area contributed by atoms with Crippen LogP contribution in [0.15, 0.2) is 18.2 Å². The second-order valence-electron chi connectivity index (χ2n) is 4.70. The molecule has 2 atom stereocenters. The Morgan fingerprint density at radius 3 is 3.06 bits per heavy atom. The molecule has 0 spiro atoms. The van der Waals surface area contributed by atoms with Crippen LogP contribution in [-0.4, -0.2) is 25.9 Å². The fourth-order valence-electron chi connectivity index (χ4n) is 2.33. The lowest BCUT2D eigenvalue weighted by Crippen LogP contribution is -2.37. The minimum absolute atomic E-state index is 0.337. The predicted octanol–water partition coefficient (Wildman–Crippen LogP) is 3.01. The van der Waals surface area contributed by atoms with E-state index in [1.165, 1.54) is 0 Å². The molecule has 1 aliphatic rings. The number of methoxy groups -OCH3 is 1. The monoisotopic (exact) mass is 269 g/mol. The maximum atomic E-state index is 6.21. The summed E-state index contributed by atoms with van der Waals surface area (Å²) in [5.41, 5.74) is 1.03. The summed E-state index contributed by atoms with van der Waals surface area (Å²) in [6.45, 7) is 3.68. The first kappa shape index (κ1) is 13.7. The zero-order valence-electron chi connectivity index (χ0n) is 10.9. The molecule has 1 heterocycles. The van der Waals surface area contributed by atoms with Crippen molar-refractivity contribution in [2.45, 2.75) is 38.5 Å². The maximum absolute atomic E-state index is 6.21. The molecule has 0 amide bonds. The molecule has 2 unspecified atom stereocenters. The average Bonchev–Trinajstić information content (AvgIpc) is 2.37. The third-order valence-electron chi connectivity index (χ3n) is 3.35. The van der Waals surface area contributed by atoms with E-state index in [4.69, 9.17) is 21.1 Å². The van der Waals surface area contributed by atoms with Crippen LogP contribution in [0.4, 0.5) is 0 Å². The summed E-state index contributed by atoms with van der Waals surface area (Å²) in [4.78, 5) is 0. The maximum Gasteiger partial charge on any atom is 0.124 e. The Bertz CT molecular complexity index is 397. The van der Waals surface area contributed by atoms with Gasteiger partial charge in [-0.1, -0.05) is 17.7 Å². The minimum atomic E-state index is 0.337. The molecule has 1 fully saturated rings. The summed E-state index contributed by atoms with van der Waals surface area (Å²) in [7, 11) is 1.67. The molecule has 0 radical (unpaired) electrons. The Kier molecular flexibility index (Phi) is 4.87. The van der Waals surface area contributed by atoms with Crippen molar-refractivity contribution in [3.05, 3.63) is 28.8 Å². The van der Waals surface area contributed by atoms with Crippen molar-refractivity contribution in [1.82, 2.24) is 5.32 Å². The first-order valence-corrected chi connectivity index (χ1v) is 6.75. The van der Waals surface area contributed by atoms with Gasteiger partial charge in [-0.2, -0.15) is 0 Å². The molecular formula is C14H20ClNO2. The van der Waals surface area contributed by atoms with Gasteiger partial charge < -0.3 is 14.8 Å². The van der Waals surface area contributed by atoms with E-state index in [2.05, 4.69) is 12.2 Å². The lowest BCUT2D eigenvalue weighted by molar-refractivity contribution is 0.0130. The smallest absolute Gasteiger partial charge is 0.124 e. The molecule has 0 aliphatic carbocycles. The Hall–Kier alpha value is -0.770. The fraction of sp³-hybridized carbons (Fsp3) is 0.571.